The molecule has 0 spiro atoms. The molecule has 0 aliphatic carbocycles. The molecule has 182 valence electrons. The minimum absolute atomic E-state index is 0.0293. The van der Waals surface area contributed by atoms with Gasteiger partial charge in [0.25, 0.3) is 5.91 Å². The Balaban J connectivity index is 1.63. The van der Waals surface area contributed by atoms with Gasteiger partial charge in [0.1, 0.15) is 5.69 Å². The van der Waals surface area contributed by atoms with Crippen molar-refractivity contribution in [3.63, 3.8) is 0 Å². The molecule has 2 aromatic heterocycles. The van der Waals surface area contributed by atoms with Crippen LogP contribution in [0.2, 0.25) is 5.02 Å². The molecular weight excluding hydrogens is 483 g/mol. The van der Waals surface area contributed by atoms with Gasteiger partial charge in [-0.1, -0.05) is 16.8 Å². The quantitative estimate of drug-likeness (QED) is 0.401. The van der Waals surface area contributed by atoms with Crippen LogP contribution in [0.25, 0.3) is 16.9 Å². The van der Waals surface area contributed by atoms with Gasteiger partial charge in [-0.25, -0.2) is 4.68 Å². The zero-order chi connectivity index (χ0) is 25.3. The Morgan fingerprint density at radius 2 is 1.94 bits per heavy atom. The van der Waals surface area contributed by atoms with E-state index < -0.39 is 17.6 Å². The molecule has 8 nitrogen and oxygen atoms in total. The van der Waals surface area contributed by atoms with Crippen LogP contribution in [-0.2, 0) is 19.8 Å². The summed E-state index contributed by atoms with van der Waals surface area (Å²) in [5.41, 5.74) is 2.41. The van der Waals surface area contributed by atoms with E-state index in [1.165, 1.54) is 28.9 Å². The van der Waals surface area contributed by atoms with Crippen molar-refractivity contribution < 1.29 is 18.0 Å². The summed E-state index contributed by atoms with van der Waals surface area (Å²) in [7, 11) is 3.44. The SMILES string of the molecule is CNCc1cc(NC(=O)c2ccc(Cl)c(-n3cc(-c4cnn(C)c4C)nn3)c2)cc(C(F)(F)F)c1. The summed E-state index contributed by atoms with van der Waals surface area (Å²) in [6, 6.07) is 7.91. The summed E-state index contributed by atoms with van der Waals surface area (Å²) in [5.74, 6) is -0.596. The van der Waals surface area contributed by atoms with E-state index in [1.54, 1.807) is 24.1 Å². The van der Waals surface area contributed by atoms with Gasteiger partial charge < -0.3 is 10.6 Å². The number of alkyl halides is 3. The normalized spacial score (nSPS) is 11.6. The second kappa shape index (κ2) is 9.51. The van der Waals surface area contributed by atoms with Crippen LogP contribution < -0.4 is 10.6 Å². The summed E-state index contributed by atoms with van der Waals surface area (Å²) in [5, 5.41) is 18.1. The number of hydrogen-bond acceptors (Lipinski definition) is 5. The van der Waals surface area contributed by atoms with E-state index >= 15 is 0 Å². The maximum absolute atomic E-state index is 13.3. The zero-order valence-corrected chi connectivity index (χ0v) is 19.7. The highest BCUT2D eigenvalue weighted by molar-refractivity contribution is 6.32. The summed E-state index contributed by atoms with van der Waals surface area (Å²) in [6.07, 6.45) is -1.22. The first-order valence-corrected chi connectivity index (χ1v) is 10.8. The Kier molecular flexibility index (Phi) is 6.64. The van der Waals surface area contributed by atoms with Crippen molar-refractivity contribution in [1.29, 1.82) is 0 Å². The lowest BCUT2D eigenvalue weighted by Crippen LogP contribution is -2.15. The second-order valence-electron chi connectivity index (χ2n) is 7.88. The lowest BCUT2D eigenvalue weighted by atomic mass is 10.1. The predicted octanol–water partition coefficient (Wildman–Crippen LogP) is 4.62. The maximum Gasteiger partial charge on any atom is 0.416 e. The van der Waals surface area contributed by atoms with Crippen LogP contribution in [0.15, 0.2) is 48.8 Å². The van der Waals surface area contributed by atoms with Crippen molar-refractivity contribution in [3.05, 3.63) is 76.2 Å². The Morgan fingerprint density at radius 1 is 1.17 bits per heavy atom. The second-order valence-corrected chi connectivity index (χ2v) is 8.29. The van der Waals surface area contributed by atoms with Crippen LogP contribution >= 0.6 is 11.6 Å². The Labute approximate surface area is 203 Å². The van der Waals surface area contributed by atoms with E-state index in [-0.39, 0.29) is 17.8 Å². The molecular formula is C23H21ClF3N7O. The van der Waals surface area contributed by atoms with Crippen molar-refractivity contribution in [2.45, 2.75) is 19.6 Å². The number of hydrogen-bond donors (Lipinski definition) is 2. The van der Waals surface area contributed by atoms with Gasteiger partial charge in [-0.05, 0) is 55.9 Å². The number of carbonyl (C=O) groups excluding carboxylic acids is 1. The number of nitrogens with one attached hydrogen (secondary N) is 2. The molecule has 2 heterocycles. The standard InChI is InChI=1S/C23H21ClF3N7O/c1-13-18(11-29-33(13)3)20-12-34(32-31-20)21-8-15(4-5-19(21)24)22(35)30-17-7-14(10-28-2)6-16(9-17)23(25,26)27/h4-9,11-12,28H,10H2,1-3H3,(H,30,35). The fourth-order valence-corrected chi connectivity index (χ4v) is 3.73. The molecule has 0 saturated carbocycles. The van der Waals surface area contributed by atoms with Gasteiger partial charge >= 0.3 is 6.18 Å². The van der Waals surface area contributed by atoms with Crippen molar-refractivity contribution >= 4 is 23.2 Å². The first kappa shape index (κ1) is 24.4. The van der Waals surface area contributed by atoms with Gasteiger partial charge in [-0.3, -0.25) is 9.48 Å². The highest BCUT2D eigenvalue weighted by Gasteiger charge is 2.31. The van der Waals surface area contributed by atoms with Crippen LogP contribution in [-0.4, -0.2) is 37.7 Å². The van der Waals surface area contributed by atoms with Gasteiger partial charge in [0.2, 0.25) is 0 Å². The van der Waals surface area contributed by atoms with Crippen LogP contribution in [0.4, 0.5) is 18.9 Å². The molecule has 2 aromatic carbocycles. The van der Waals surface area contributed by atoms with E-state index in [9.17, 15) is 18.0 Å². The summed E-state index contributed by atoms with van der Waals surface area (Å²) in [4.78, 5) is 12.9. The molecule has 0 unspecified atom stereocenters. The van der Waals surface area contributed by atoms with Crippen molar-refractivity contribution in [2.24, 2.45) is 7.05 Å². The summed E-state index contributed by atoms with van der Waals surface area (Å²) < 4.78 is 43.1. The van der Waals surface area contributed by atoms with Crippen LogP contribution in [0.1, 0.15) is 27.2 Å². The number of aromatic nitrogens is 5. The Bertz CT molecular complexity index is 1390. The number of amides is 1. The summed E-state index contributed by atoms with van der Waals surface area (Å²) >= 11 is 6.34. The van der Waals surface area contributed by atoms with E-state index in [0.29, 0.717) is 22.0 Å². The molecule has 0 fully saturated rings. The lowest BCUT2D eigenvalue weighted by molar-refractivity contribution is -0.137. The predicted molar refractivity (Wildman–Crippen MR) is 125 cm³/mol. The van der Waals surface area contributed by atoms with Gasteiger partial charge in [0.05, 0.1) is 28.7 Å². The minimum Gasteiger partial charge on any atom is -0.322 e. The van der Waals surface area contributed by atoms with Gasteiger partial charge in [0, 0.05) is 36.1 Å². The average Bonchev–Trinajstić information content (AvgIpc) is 3.40. The van der Waals surface area contributed by atoms with Crippen molar-refractivity contribution in [2.75, 3.05) is 12.4 Å². The van der Waals surface area contributed by atoms with E-state index in [1.807, 2.05) is 14.0 Å². The van der Waals surface area contributed by atoms with E-state index in [2.05, 4.69) is 26.0 Å². The van der Waals surface area contributed by atoms with Gasteiger partial charge in [0.15, 0.2) is 0 Å². The first-order chi connectivity index (χ1) is 16.6. The first-order valence-electron chi connectivity index (χ1n) is 10.4. The third-order valence-electron chi connectivity index (χ3n) is 5.42. The maximum atomic E-state index is 13.3. The highest BCUT2D eigenvalue weighted by Crippen LogP contribution is 2.32. The zero-order valence-electron chi connectivity index (χ0n) is 19.0. The van der Waals surface area contributed by atoms with E-state index in [0.717, 1.165) is 23.4 Å². The molecule has 4 aromatic rings. The largest absolute Gasteiger partial charge is 0.416 e. The minimum atomic E-state index is -4.55. The number of halogens is 4. The van der Waals surface area contributed by atoms with Crippen LogP contribution in [0.5, 0.6) is 0 Å². The molecule has 0 atom stereocenters. The fourth-order valence-electron chi connectivity index (χ4n) is 3.52. The highest BCUT2D eigenvalue weighted by atomic mass is 35.5. The lowest BCUT2D eigenvalue weighted by Gasteiger charge is -2.13. The monoisotopic (exact) mass is 503 g/mol. The molecule has 0 bridgehead atoms. The van der Waals surface area contributed by atoms with Crippen molar-refractivity contribution in [3.8, 4) is 16.9 Å². The topological polar surface area (TPSA) is 89.7 Å². The van der Waals surface area contributed by atoms with Gasteiger partial charge in [-0.15, -0.1) is 5.10 Å². The molecule has 0 aliphatic rings. The third kappa shape index (κ3) is 5.20. The number of rotatable bonds is 6. The third-order valence-corrected chi connectivity index (χ3v) is 5.74. The molecule has 1 amide bonds. The van der Waals surface area contributed by atoms with Gasteiger partial charge in [-0.2, -0.15) is 18.3 Å². The van der Waals surface area contributed by atoms with Crippen molar-refractivity contribution in [1.82, 2.24) is 30.1 Å². The molecule has 4 rings (SSSR count). The van der Waals surface area contributed by atoms with Crippen LogP contribution in [0, 0.1) is 6.92 Å². The number of carbonyl (C=O) groups is 1. The number of nitrogens with zero attached hydrogens (tertiary/aromatic N) is 5. The molecule has 12 heteroatoms. The molecule has 0 saturated heterocycles. The molecule has 0 aliphatic heterocycles. The number of anilines is 1. The molecule has 2 N–H and O–H groups in total. The van der Waals surface area contributed by atoms with E-state index in [4.69, 9.17) is 11.6 Å². The smallest absolute Gasteiger partial charge is 0.322 e. The fraction of sp³-hybridized carbons (Fsp3) is 0.217. The van der Waals surface area contributed by atoms with Crippen LogP contribution in [0.3, 0.4) is 0 Å². The molecule has 35 heavy (non-hydrogen) atoms. The summed E-state index contributed by atoms with van der Waals surface area (Å²) in [6.45, 7) is 2.11. The number of benzene rings is 2. The Hall–Kier alpha value is -3.70. The Morgan fingerprint density at radius 3 is 2.60 bits per heavy atom. The molecule has 0 radical (unpaired) electrons. The number of aryl methyl sites for hydroxylation is 1. The average molecular weight is 504 g/mol.